The smallest absolute Gasteiger partial charge is 0.0249 e. The maximum absolute atomic E-state index is 3.31. The van der Waals surface area contributed by atoms with E-state index in [2.05, 4.69) is 98.5 Å². The first-order valence-electron chi connectivity index (χ1n) is 12.6. The molecule has 0 amide bonds. The topological polar surface area (TPSA) is 0 Å². The quantitative estimate of drug-likeness (QED) is 0.350. The fourth-order valence-corrected chi connectivity index (χ4v) is 5.07. The van der Waals surface area contributed by atoms with Gasteiger partial charge in [0.25, 0.3) is 0 Å². The van der Waals surface area contributed by atoms with Crippen LogP contribution in [0.15, 0.2) is 72.8 Å². The van der Waals surface area contributed by atoms with Gasteiger partial charge in [-0.05, 0) is 90.5 Å². The molecule has 3 aromatic carbocycles. The lowest BCUT2D eigenvalue weighted by atomic mass is 9.77. The second-order valence-corrected chi connectivity index (χ2v) is 9.40. The van der Waals surface area contributed by atoms with Gasteiger partial charge in [0.1, 0.15) is 0 Å². The molecule has 0 heteroatoms. The third-order valence-electron chi connectivity index (χ3n) is 6.99. The van der Waals surface area contributed by atoms with Crippen molar-refractivity contribution < 1.29 is 0 Å². The molecule has 0 atom stereocenters. The highest BCUT2D eigenvalue weighted by Crippen LogP contribution is 2.38. The van der Waals surface area contributed by atoms with Crippen LogP contribution in [0.1, 0.15) is 87.0 Å². The van der Waals surface area contributed by atoms with Gasteiger partial charge in [-0.3, -0.25) is 0 Å². The highest BCUT2D eigenvalue weighted by Gasteiger charge is 2.21. The monoisotopic (exact) mass is 420 g/mol. The summed E-state index contributed by atoms with van der Waals surface area (Å²) in [7, 11) is 0. The number of aryl methyl sites for hydroxylation is 1. The minimum Gasteiger partial charge on any atom is -0.0654 e. The lowest BCUT2D eigenvalue weighted by Crippen LogP contribution is -2.13. The molecule has 1 fully saturated rings. The standard InChI is InChI=1S/C32H36/c1-3-5-25-7-9-27(10-8-25)11-12-28-15-19-30(20-16-28)32-23-21-31(22-24-32)29-17-13-26(6-4-2)14-18-29/h7-10,15-16,19-24,26,29H,3-6,13-14,17-18H2,1-2H3. The van der Waals surface area contributed by atoms with Gasteiger partial charge in [0.15, 0.2) is 0 Å². The Bertz CT molecular complexity index is 1020. The van der Waals surface area contributed by atoms with Crippen molar-refractivity contribution in [2.75, 3.05) is 0 Å². The van der Waals surface area contributed by atoms with Gasteiger partial charge in [-0.25, -0.2) is 0 Å². The number of hydrogen-bond acceptors (Lipinski definition) is 0. The Morgan fingerprint density at radius 3 is 1.69 bits per heavy atom. The summed E-state index contributed by atoms with van der Waals surface area (Å²) in [4.78, 5) is 0. The molecule has 1 aliphatic carbocycles. The summed E-state index contributed by atoms with van der Waals surface area (Å²) in [6.45, 7) is 4.53. The van der Waals surface area contributed by atoms with Crippen LogP contribution in [-0.2, 0) is 6.42 Å². The summed E-state index contributed by atoms with van der Waals surface area (Å²) < 4.78 is 0. The van der Waals surface area contributed by atoms with Crippen molar-refractivity contribution in [1.29, 1.82) is 0 Å². The van der Waals surface area contributed by atoms with Gasteiger partial charge < -0.3 is 0 Å². The molecular weight excluding hydrogens is 384 g/mol. The van der Waals surface area contributed by atoms with Crippen molar-refractivity contribution in [2.24, 2.45) is 5.92 Å². The molecule has 4 rings (SSSR count). The van der Waals surface area contributed by atoms with Crippen LogP contribution in [0.3, 0.4) is 0 Å². The average Bonchev–Trinajstić information content (AvgIpc) is 2.85. The maximum atomic E-state index is 3.31. The summed E-state index contributed by atoms with van der Waals surface area (Å²) in [6, 6.07) is 26.6. The minimum atomic E-state index is 0.755. The average molecular weight is 421 g/mol. The number of rotatable bonds is 6. The Kier molecular flexibility index (Phi) is 7.84. The van der Waals surface area contributed by atoms with E-state index in [1.54, 1.807) is 0 Å². The molecular formula is C32H36. The van der Waals surface area contributed by atoms with Gasteiger partial charge in [0.2, 0.25) is 0 Å². The van der Waals surface area contributed by atoms with Crippen molar-refractivity contribution in [1.82, 2.24) is 0 Å². The van der Waals surface area contributed by atoms with Crippen LogP contribution < -0.4 is 0 Å². The highest BCUT2D eigenvalue weighted by atomic mass is 14.3. The Labute approximate surface area is 195 Å². The van der Waals surface area contributed by atoms with Crippen molar-refractivity contribution in [2.45, 2.75) is 71.1 Å². The first-order valence-corrected chi connectivity index (χ1v) is 12.6. The molecule has 164 valence electrons. The predicted octanol–water partition coefficient (Wildman–Crippen LogP) is 8.78. The normalized spacial score (nSPS) is 18.1. The van der Waals surface area contributed by atoms with Gasteiger partial charge in [-0.15, -0.1) is 0 Å². The van der Waals surface area contributed by atoms with Crippen molar-refractivity contribution in [3.63, 3.8) is 0 Å². The summed E-state index contributed by atoms with van der Waals surface area (Å²) in [5.41, 5.74) is 7.60. The zero-order valence-corrected chi connectivity index (χ0v) is 19.7. The lowest BCUT2D eigenvalue weighted by molar-refractivity contribution is 0.308. The molecule has 0 aliphatic heterocycles. The molecule has 32 heavy (non-hydrogen) atoms. The van der Waals surface area contributed by atoms with Crippen molar-refractivity contribution in [3.05, 3.63) is 95.1 Å². The molecule has 0 saturated heterocycles. The summed E-state index contributed by atoms with van der Waals surface area (Å²) in [5, 5.41) is 0. The Morgan fingerprint density at radius 2 is 1.16 bits per heavy atom. The van der Waals surface area contributed by atoms with Crippen LogP contribution in [0, 0.1) is 17.8 Å². The first-order chi connectivity index (χ1) is 15.7. The minimum absolute atomic E-state index is 0.755. The van der Waals surface area contributed by atoms with Gasteiger partial charge in [-0.1, -0.05) is 93.5 Å². The van der Waals surface area contributed by atoms with Crippen LogP contribution in [0.25, 0.3) is 11.1 Å². The van der Waals surface area contributed by atoms with E-state index in [1.807, 2.05) is 0 Å². The van der Waals surface area contributed by atoms with E-state index in [9.17, 15) is 0 Å². The predicted molar refractivity (Wildman–Crippen MR) is 138 cm³/mol. The van der Waals surface area contributed by atoms with Crippen molar-refractivity contribution >= 4 is 0 Å². The van der Waals surface area contributed by atoms with Crippen LogP contribution in [0.4, 0.5) is 0 Å². The van der Waals surface area contributed by atoms with E-state index >= 15 is 0 Å². The molecule has 0 aromatic heterocycles. The van der Waals surface area contributed by atoms with Crippen molar-refractivity contribution in [3.8, 4) is 23.0 Å². The Morgan fingerprint density at radius 1 is 0.625 bits per heavy atom. The highest BCUT2D eigenvalue weighted by molar-refractivity contribution is 5.65. The summed E-state index contributed by atoms with van der Waals surface area (Å²) in [5.74, 6) is 8.33. The molecule has 0 radical (unpaired) electrons. The second-order valence-electron chi connectivity index (χ2n) is 9.40. The van der Waals surface area contributed by atoms with Crippen LogP contribution in [0.2, 0.25) is 0 Å². The molecule has 0 unspecified atom stereocenters. The molecule has 0 nitrogen and oxygen atoms in total. The third kappa shape index (κ3) is 5.92. The molecule has 1 aliphatic rings. The molecule has 0 spiro atoms. The van der Waals surface area contributed by atoms with E-state index < -0.39 is 0 Å². The van der Waals surface area contributed by atoms with Crippen LogP contribution >= 0.6 is 0 Å². The molecule has 0 N–H and O–H groups in total. The number of benzene rings is 3. The van der Waals surface area contributed by atoms with E-state index in [0.29, 0.717) is 0 Å². The van der Waals surface area contributed by atoms with Gasteiger partial charge >= 0.3 is 0 Å². The van der Waals surface area contributed by atoms with E-state index in [0.717, 1.165) is 29.4 Å². The lowest BCUT2D eigenvalue weighted by Gasteiger charge is -2.28. The molecule has 0 heterocycles. The van der Waals surface area contributed by atoms with Gasteiger partial charge in [0, 0.05) is 11.1 Å². The largest absolute Gasteiger partial charge is 0.0654 e. The summed E-state index contributed by atoms with van der Waals surface area (Å²) >= 11 is 0. The maximum Gasteiger partial charge on any atom is 0.0249 e. The number of hydrogen-bond donors (Lipinski definition) is 0. The Balaban J connectivity index is 1.37. The Hall–Kier alpha value is -2.78. The SMILES string of the molecule is CCCc1ccc(C#Cc2ccc(-c3ccc(C4CCC(CCC)CC4)cc3)cc2)cc1. The zero-order valence-electron chi connectivity index (χ0n) is 19.7. The third-order valence-corrected chi connectivity index (χ3v) is 6.99. The first kappa shape index (κ1) is 22.4. The van der Waals surface area contributed by atoms with E-state index in [1.165, 1.54) is 67.2 Å². The van der Waals surface area contributed by atoms with Crippen LogP contribution in [-0.4, -0.2) is 0 Å². The fourth-order valence-electron chi connectivity index (χ4n) is 5.07. The molecule has 0 bridgehead atoms. The van der Waals surface area contributed by atoms with E-state index in [4.69, 9.17) is 0 Å². The fraction of sp³-hybridized carbons (Fsp3) is 0.375. The molecule has 1 saturated carbocycles. The second kappa shape index (κ2) is 11.2. The van der Waals surface area contributed by atoms with Gasteiger partial charge in [-0.2, -0.15) is 0 Å². The summed E-state index contributed by atoms with van der Waals surface area (Å²) in [6.07, 6.45) is 10.6. The molecule has 3 aromatic rings. The van der Waals surface area contributed by atoms with Gasteiger partial charge in [0.05, 0.1) is 0 Å². The zero-order chi connectivity index (χ0) is 22.2. The van der Waals surface area contributed by atoms with Crippen LogP contribution in [0.5, 0.6) is 0 Å². The van der Waals surface area contributed by atoms with E-state index in [-0.39, 0.29) is 0 Å².